The molecule has 0 aliphatic carbocycles. The van der Waals surface area contributed by atoms with E-state index < -0.39 is 0 Å². The van der Waals surface area contributed by atoms with Crippen molar-refractivity contribution >= 4 is 48.9 Å². The Morgan fingerprint density at radius 3 is 1.47 bits per heavy atom. The zero-order valence-corrected chi connectivity index (χ0v) is 29.9. The van der Waals surface area contributed by atoms with E-state index in [1.165, 1.54) is 49.0 Å². The smallest absolute Gasteiger partial charge is 0.149 e. The maximum atomic E-state index is 5.38. The number of rotatable bonds is 5. The first-order chi connectivity index (χ1) is 27.3. The molecular weight excluding hydrogens is 667 g/mol. The maximum absolute atomic E-state index is 5.38. The SMILES string of the molecule is c1ccc(-c2nc3c4ccccc4nc(-c4ccc(-c5c6ccccc6c(-c6ccc7ccccc7c6)c6ccccc56)cc4)n3c2-c2ccccc2)cc1. The lowest BCUT2D eigenvalue weighted by molar-refractivity contribution is 1.13. The number of nitrogens with zero attached hydrogens (tertiary/aromatic N) is 3. The molecule has 0 bridgehead atoms. The molecule has 0 unspecified atom stereocenters. The molecular formula is C52H33N3. The first-order valence-electron chi connectivity index (χ1n) is 18.8. The lowest BCUT2D eigenvalue weighted by Gasteiger charge is -2.18. The standard InChI is InChI=1S/C52H33N3/c1-3-16-36(17-4-1)49-50(37-18-5-2-6-19-37)55-51(53-46-26-14-13-25-45(46)52(55)54-49)38-30-28-35(29-31-38)47-41-21-9-11-23-43(41)48(44-24-12-10-22-42(44)47)40-32-27-34-15-7-8-20-39(34)33-40/h1-33H. The van der Waals surface area contributed by atoms with E-state index in [-0.39, 0.29) is 0 Å². The van der Waals surface area contributed by atoms with Crippen molar-refractivity contribution in [1.82, 2.24) is 14.4 Å². The lowest BCUT2D eigenvalue weighted by atomic mass is 9.85. The van der Waals surface area contributed by atoms with Crippen LogP contribution >= 0.6 is 0 Å². The molecule has 0 radical (unpaired) electrons. The van der Waals surface area contributed by atoms with Crippen LogP contribution in [-0.4, -0.2) is 14.4 Å². The molecule has 0 atom stereocenters. The van der Waals surface area contributed by atoms with Crippen LogP contribution < -0.4 is 0 Å². The molecule has 0 amide bonds. The van der Waals surface area contributed by atoms with Gasteiger partial charge in [0.2, 0.25) is 0 Å². The molecule has 11 aromatic rings. The predicted molar refractivity (Wildman–Crippen MR) is 230 cm³/mol. The fourth-order valence-electron chi connectivity index (χ4n) is 8.47. The fraction of sp³-hybridized carbons (Fsp3) is 0. The Labute approximate surface area is 318 Å². The number of fused-ring (bicyclic) bond motifs is 6. The average Bonchev–Trinajstić information content (AvgIpc) is 3.67. The van der Waals surface area contributed by atoms with Crippen molar-refractivity contribution in [2.45, 2.75) is 0 Å². The quantitative estimate of drug-likeness (QED) is 0.167. The van der Waals surface area contributed by atoms with Gasteiger partial charge < -0.3 is 0 Å². The third-order valence-electron chi connectivity index (χ3n) is 11.0. The highest BCUT2D eigenvalue weighted by Crippen LogP contribution is 2.45. The summed E-state index contributed by atoms with van der Waals surface area (Å²) < 4.78 is 2.26. The topological polar surface area (TPSA) is 30.2 Å². The molecule has 2 heterocycles. The first-order valence-corrected chi connectivity index (χ1v) is 18.8. The van der Waals surface area contributed by atoms with Gasteiger partial charge in [-0.25, -0.2) is 9.97 Å². The highest BCUT2D eigenvalue weighted by atomic mass is 15.1. The van der Waals surface area contributed by atoms with Crippen molar-refractivity contribution in [1.29, 1.82) is 0 Å². The Morgan fingerprint density at radius 2 is 0.818 bits per heavy atom. The minimum atomic E-state index is 0.857. The van der Waals surface area contributed by atoms with Crippen molar-refractivity contribution < 1.29 is 0 Å². The van der Waals surface area contributed by atoms with Crippen LogP contribution in [0.4, 0.5) is 0 Å². The maximum Gasteiger partial charge on any atom is 0.149 e. The van der Waals surface area contributed by atoms with Gasteiger partial charge in [0, 0.05) is 22.1 Å². The Hall–Kier alpha value is -7.36. The third-order valence-corrected chi connectivity index (χ3v) is 11.0. The number of hydrogen-bond donors (Lipinski definition) is 0. The van der Waals surface area contributed by atoms with Crippen molar-refractivity contribution in [3.63, 3.8) is 0 Å². The summed E-state index contributed by atoms with van der Waals surface area (Å²) >= 11 is 0. The van der Waals surface area contributed by atoms with Crippen molar-refractivity contribution in [3.05, 3.63) is 200 Å². The van der Waals surface area contributed by atoms with Crippen molar-refractivity contribution in [2.75, 3.05) is 0 Å². The van der Waals surface area contributed by atoms with Crippen LogP contribution in [0.3, 0.4) is 0 Å². The van der Waals surface area contributed by atoms with Gasteiger partial charge >= 0.3 is 0 Å². The van der Waals surface area contributed by atoms with Gasteiger partial charge in [-0.3, -0.25) is 4.40 Å². The molecule has 9 aromatic carbocycles. The van der Waals surface area contributed by atoms with Crippen molar-refractivity contribution in [3.8, 4) is 56.2 Å². The summed E-state index contributed by atoms with van der Waals surface area (Å²) in [7, 11) is 0. The molecule has 0 aliphatic rings. The van der Waals surface area contributed by atoms with Crippen LogP contribution in [0.2, 0.25) is 0 Å². The van der Waals surface area contributed by atoms with E-state index in [1.807, 2.05) is 0 Å². The summed E-state index contributed by atoms with van der Waals surface area (Å²) in [6.45, 7) is 0. The van der Waals surface area contributed by atoms with Crippen LogP contribution in [0.15, 0.2) is 200 Å². The molecule has 0 spiro atoms. The Bertz CT molecular complexity index is 3180. The molecule has 256 valence electrons. The zero-order chi connectivity index (χ0) is 36.3. The summed E-state index contributed by atoms with van der Waals surface area (Å²) in [5, 5.41) is 8.46. The summed E-state index contributed by atoms with van der Waals surface area (Å²) in [4.78, 5) is 10.7. The second-order valence-electron chi connectivity index (χ2n) is 14.1. The van der Waals surface area contributed by atoms with Crippen LogP contribution in [0.25, 0.3) is 105 Å². The number of aromatic nitrogens is 3. The van der Waals surface area contributed by atoms with Crippen LogP contribution in [-0.2, 0) is 0 Å². The molecule has 0 fully saturated rings. The molecule has 3 nitrogen and oxygen atoms in total. The Balaban J connectivity index is 1.14. The Kier molecular flexibility index (Phi) is 7.17. The highest BCUT2D eigenvalue weighted by molar-refractivity contribution is 6.21. The molecule has 0 aliphatic heterocycles. The summed E-state index contributed by atoms with van der Waals surface area (Å²) in [5.41, 5.74) is 11.8. The van der Waals surface area contributed by atoms with E-state index in [1.54, 1.807) is 0 Å². The fourth-order valence-corrected chi connectivity index (χ4v) is 8.47. The number of para-hydroxylation sites is 1. The number of hydrogen-bond acceptors (Lipinski definition) is 2. The Morgan fingerprint density at radius 1 is 0.327 bits per heavy atom. The molecule has 0 saturated heterocycles. The van der Waals surface area contributed by atoms with Gasteiger partial charge in [0.15, 0.2) is 0 Å². The van der Waals surface area contributed by atoms with Crippen LogP contribution in [0, 0.1) is 0 Å². The molecule has 55 heavy (non-hydrogen) atoms. The van der Waals surface area contributed by atoms with E-state index in [2.05, 4.69) is 205 Å². The molecule has 11 rings (SSSR count). The largest absolute Gasteiger partial charge is 0.275 e. The second-order valence-corrected chi connectivity index (χ2v) is 14.1. The van der Waals surface area contributed by atoms with Crippen molar-refractivity contribution in [2.24, 2.45) is 0 Å². The molecule has 0 N–H and O–H groups in total. The molecule has 0 saturated carbocycles. The molecule has 3 heteroatoms. The van der Waals surface area contributed by atoms with Gasteiger partial charge in [-0.15, -0.1) is 0 Å². The van der Waals surface area contributed by atoms with E-state index in [4.69, 9.17) is 9.97 Å². The second kappa shape index (κ2) is 12.6. The van der Waals surface area contributed by atoms with Crippen LogP contribution in [0.5, 0.6) is 0 Å². The van der Waals surface area contributed by atoms with E-state index in [0.29, 0.717) is 0 Å². The van der Waals surface area contributed by atoms with Gasteiger partial charge in [0.05, 0.1) is 16.9 Å². The normalized spacial score (nSPS) is 11.6. The highest BCUT2D eigenvalue weighted by Gasteiger charge is 2.23. The summed E-state index contributed by atoms with van der Waals surface area (Å²) in [6.07, 6.45) is 0. The predicted octanol–water partition coefficient (Wildman–Crippen LogP) is 13.7. The van der Waals surface area contributed by atoms with E-state index in [9.17, 15) is 0 Å². The minimum Gasteiger partial charge on any atom is -0.275 e. The molecule has 2 aromatic heterocycles. The summed E-state index contributed by atoms with van der Waals surface area (Å²) in [5.74, 6) is 0.857. The number of benzene rings is 9. The summed E-state index contributed by atoms with van der Waals surface area (Å²) in [6, 6.07) is 71.5. The zero-order valence-electron chi connectivity index (χ0n) is 29.9. The average molecular weight is 700 g/mol. The van der Waals surface area contributed by atoms with Gasteiger partial charge in [-0.1, -0.05) is 182 Å². The van der Waals surface area contributed by atoms with Gasteiger partial charge in [0.1, 0.15) is 11.5 Å². The first kappa shape index (κ1) is 31.2. The minimum absolute atomic E-state index is 0.857. The van der Waals surface area contributed by atoms with Gasteiger partial charge in [-0.2, -0.15) is 0 Å². The monoisotopic (exact) mass is 699 g/mol. The van der Waals surface area contributed by atoms with Gasteiger partial charge in [0.25, 0.3) is 0 Å². The van der Waals surface area contributed by atoms with Gasteiger partial charge in [-0.05, 0) is 72.8 Å². The number of imidazole rings is 1. The third kappa shape index (κ3) is 5.05. The van der Waals surface area contributed by atoms with E-state index >= 15 is 0 Å². The lowest BCUT2D eigenvalue weighted by Crippen LogP contribution is -2.00. The van der Waals surface area contributed by atoms with E-state index in [0.717, 1.165) is 56.0 Å². The van der Waals surface area contributed by atoms with Crippen LogP contribution in [0.1, 0.15) is 0 Å².